The Hall–Kier alpha value is -1.90. The Kier molecular flexibility index (Phi) is 4.85. The van der Waals surface area contributed by atoms with E-state index in [0.29, 0.717) is 0 Å². The Morgan fingerprint density at radius 3 is 2.62 bits per heavy atom. The number of nitrogens with zero attached hydrogens (tertiary/aromatic N) is 3. The van der Waals surface area contributed by atoms with Crippen LogP contribution in [0.2, 0.25) is 0 Å². The lowest BCUT2D eigenvalue weighted by atomic mass is 9.81. The van der Waals surface area contributed by atoms with Crippen LogP contribution >= 0.6 is 11.3 Å². The van der Waals surface area contributed by atoms with E-state index < -0.39 is 11.2 Å². The molecule has 0 bridgehead atoms. The lowest BCUT2D eigenvalue weighted by molar-refractivity contribution is -0.138. The smallest absolute Gasteiger partial charge is 0.445 e. The molecule has 1 aromatic rings. The molecule has 2 aliphatic rings. The number of amides is 1. The predicted molar refractivity (Wildman–Crippen MR) is 90.5 cm³/mol. The van der Waals surface area contributed by atoms with E-state index in [9.17, 15) is 18.0 Å². The molecule has 1 heterocycles. The normalized spacial score (nSPS) is 19.6. The first-order chi connectivity index (χ1) is 12.0. The highest BCUT2D eigenvalue weighted by Crippen LogP contribution is 2.38. The maximum atomic E-state index is 12.7. The van der Waals surface area contributed by atoms with E-state index in [4.69, 9.17) is 4.74 Å². The van der Waals surface area contributed by atoms with Crippen molar-refractivity contribution in [1.29, 1.82) is 0 Å². The molecular formula is C17H20F3N3O2S. The molecule has 0 N–H and O–H groups in total. The van der Waals surface area contributed by atoms with E-state index in [-0.39, 0.29) is 40.5 Å². The number of aromatic nitrogens is 2. The van der Waals surface area contributed by atoms with Crippen LogP contribution in [0.1, 0.15) is 45.0 Å². The second kappa shape index (κ2) is 6.68. The first kappa shape index (κ1) is 18.9. The van der Waals surface area contributed by atoms with Crippen molar-refractivity contribution in [1.82, 2.24) is 15.1 Å². The summed E-state index contributed by atoms with van der Waals surface area (Å²) in [5, 5.41) is 5.05. The van der Waals surface area contributed by atoms with E-state index in [1.807, 2.05) is 13.0 Å². The fraction of sp³-hybridized carbons (Fsp3) is 0.588. The zero-order valence-corrected chi connectivity index (χ0v) is 15.6. The van der Waals surface area contributed by atoms with Gasteiger partial charge in [0.25, 0.3) is 11.1 Å². The topological polar surface area (TPSA) is 55.3 Å². The minimum absolute atomic E-state index is 0.0523. The molecule has 0 radical (unpaired) electrons. The van der Waals surface area contributed by atoms with Crippen LogP contribution in [0.25, 0.3) is 0 Å². The SMILES string of the molecule is CC1=CC(N(C(=O)COc2nnc(C(F)(F)F)s2)C2CC2)=CC(C)(C)C1. The number of rotatable bonds is 5. The highest BCUT2D eigenvalue weighted by molar-refractivity contribution is 7.13. The number of hydrogen-bond donors (Lipinski definition) is 0. The first-order valence-electron chi connectivity index (χ1n) is 8.31. The summed E-state index contributed by atoms with van der Waals surface area (Å²) in [6.07, 6.45) is 2.24. The van der Waals surface area contributed by atoms with Crippen molar-refractivity contribution in [3.05, 3.63) is 28.4 Å². The molecule has 1 fully saturated rings. The average molecular weight is 387 g/mol. The quantitative estimate of drug-likeness (QED) is 0.760. The zero-order valence-electron chi connectivity index (χ0n) is 14.8. The summed E-state index contributed by atoms with van der Waals surface area (Å²) >= 11 is 0.287. The number of carbonyl (C=O) groups is 1. The van der Waals surface area contributed by atoms with Crippen molar-refractivity contribution in [3.63, 3.8) is 0 Å². The van der Waals surface area contributed by atoms with Gasteiger partial charge in [0.05, 0.1) is 0 Å². The Bertz CT molecular complexity index is 764. The highest BCUT2D eigenvalue weighted by Gasteiger charge is 2.38. The van der Waals surface area contributed by atoms with E-state index in [0.717, 1.165) is 25.0 Å². The summed E-state index contributed by atoms with van der Waals surface area (Å²) in [5.41, 5.74) is 1.97. The molecule has 3 rings (SSSR count). The molecule has 1 saturated carbocycles. The maximum absolute atomic E-state index is 12.7. The molecule has 0 atom stereocenters. The Labute approximate surface area is 153 Å². The molecule has 0 aromatic carbocycles. The van der Waals surface area contributed by atoms with Crippen molar-refractivity contribution in [2.75, 3.05) is 6.61 Å². The van der Waals surface area contributed by atoms with Gasteiger partial charge in [-0.2, -0.15) is 13.2 Å². The van der Waals surface area contributed by atoms with Crippen LogP contribution in [0.5, 0.6) is 5.19 Å². The van der Waals surface area contributed by atoms with Gasteiger partial charge in [0.2, 0.25) is 5.01 Å². The van der Waals surface area contributed by atoms with Crippen LogP contribution < -0.4 is 4.74 Å². The summed E-state index contributed by atoms with van der Waals surface area (Å²) in [4.78, 5) is 14.4. The van der Waals surface area contributed by atoms with E-state index in [2.05, 4.69) is 30.1 Å². The van der Waals surface area contributed by atoms with Gasteiger partial charge in [0.15, 0.2) is 6.61 Å². The summed E-state index contributed by atoms with van der Waals surface area (Å²) in [5.74, 6) is -0.288. The molecule has 0 saturated heterocycles. The molecule has 9 heteroatoms. The average Bonchev–Trinajstić information content (AvgIpc) is 3.18. The molecule has 2 aliphatic carbocycles. The van der Waals surface area contributed by atoms with E-state index in [1.54, 1.807) is 4.90 Å². The van der Waals surface area contributed by atoms with Gasteiger partial charge in [-0.05, 0) is 37.7 Å². The van der Waals surface area contributed by atoms with Gasteiger partial charge >= 0.3 is 6.18 Å². The van der Waals surface area contributed by atoms with Gasteiger partial charge in [0, 0.05) is 11.7 Å². The number of halogens is 3. The Morgan fingerprint density at radius 1 is 1.38 bits per heavy atom. The molecule has 5 nitrogen and oxygen atoms in total. The van der Waals surface area contributed by atoms with Crippen molar-refractivity contribution in [2.24, 2.45) is 5.41 Å². The summed E-state index contributed by atoms with van der Waals surface area (Å²) in [7, 11) is 0. The lowest BCUT2D eigenvalue weighted by Gasteiger charge is -2.32. The van der Waals surface area contributed by atoms with Crippen LogP contribution in [0.15, 0.2) is 23.4 Å². The second-order valence-corrected chi connectivity index (χ2v) is 8.32. The van der Waals surface area contributed by atoms with Gasteiger partial charge in [0.1, 0.15) is 0 Å². The molecule has 26 heavy (non-hydrogen) atoms. The fourth-order valence-electron chi connectivity index (χ4n) is 3.12. The Balaban J connectivity index is 1.70. The standard InChI is InChI=1S/C17H20F3N3O2S/c1-10-6-12(8-16(2,3)7-10)23(11-4-5-11)13(24)9-25-15-22-21-14(26-15)17(18,19)20/h6,8,11H,4-5,7,9H2,1-3H3. The maximum Gasteiger partial charge on any atom is 0.445 e. The largest absolute Gasteiger partial charge is 0.459 e. The van der Waals surface area contributed by atoms with Crippen LogP contribution in [0.3, 0.4) is 0 Å². The van der Waals surface area contributed by atoms with Crippen molar-refractivity contribution in [2.45, 2.75) is 52.3 Å². The first-order valence-corrected chi connectivity index (χ1v) is 9.12. The third kappa shape index (κ3) is 4.44. The lowest BCUT2D eigenvalue weighted by Crippen LogP contribution is -2.37. The molecule has 0 spiro atoms. The minimum Gasteiger partial charge on any atom is -0.459 e. The fourth-order valence-corrected chi connectivity index (χ4v) is 3.68. The van der Waals surface area contributed by atoms with Gasteiger partial charge in [-0.1, -0.05) is 41.9 Å². The van der Waals surface area contributed by atoms with Crippen molar-refractivity contribution in [3.8, 4) is 5.19 Å². The van der Waals surface area contributed by atoms with Gasteiger partial charge in [-0.3, -0.25) is 4.79 Å². The van der Waals surface area contributed by atoms with E-state index >= 15 is 0 Å². The van der Waals surface area contributed by atoms with Crippen LogP contribution in [0.4, 0.5) is 13.2 Å². The minimum atomic E-state index is -4.57. The molecular weight excluding hydrogens is 367 g/mol. The van der Waals surface area contributed by atoms with Crippen LogP contribution in [0, 0.1) is 5.41 Å². The zero-order chi connectivity index (χ0) is 19.1. The number of hydrogen-bond acceptors (Lipinski definition) is 5. The van der Waals surface area contributed by atoms with Crippen LogP contribution in [-0.4, -0.2) is 33.7 Å². The summed E-state index contributed by atoms with van der Waals surface area (Å²) < 4.78 is 42.9. The van der Waals surface area contributed by atoms with Crippen LogP contribution in [-0.2, 0) is 11.0 Å². The second-order valence-electron chi connectivity index (χ2n) is 7.38. The van der Waals surface area contributed by atoms with E-state index in [1.165, 1.54) is 5.57 Å². The highest BCUT2D eigenvalue weighted by atomic mass is 32.1. The summed E-state index contributed by atoms with van der Waals surface area (Å²) in [6, 6.07) is 0.121. The van der Waals surface area contributed by atoms with Gasteiger partial charge in [-0.15, -0.1) is 5.10 Å². The monoisotopic (exact) mass is 387 g/mol. The Morgan fingerprint density at radius 2 is 2.08 bits per heavy atom. The molecule has 1 aromatic heterocycles. The van der Waals surface area contributed by atoms with Crippen molar-refractivity contribution >= 4 is 17.2 Å². The third-order valence-corrected chi connectivity index (χ3v) is 4.97. The number of ether oxygens (including phenoxy) is 1. The molecule has 0 aliphatic heterocycles. The molecule has 0 unspecified atom stereocenters. The third-order valence-electron chi connectivity index (χ3n) is 4.09. The molecule has 1 amide bonds. The van der Waals surface area contributed by atoms with Crippen molar-refractivity contribution < 1.29 is 22.7 Å². The molecule has 142 valence electrons. The summed E-state index contributed by atoms with van der Waals surface area (Å²) in [6.45, 7) is 5.87. The number of carbonyl (C=O) groups excluding carboxylic acids is 1. The predicted octanol–water partition coefficient (Wildman–Crippen LogP) is 4.19. The van der Waals surface area contributed by atoms with Gasteiger partial charge in [-0.25, -0.2) is 0 Å². The number of alkyl halides is 3. The van der Waals surface area contributed by atoms with Gasteiger partial charge < -0.3 is 9.64 Å². The number of allylic oxidation sites excluding steroid dienone is 3.